The minimum atomic E-state index is -0.976. The number of hydrogen-bond donors (Lipinski definition) is 1. The molecule has 1 aromatic carbocycles. The molecule has 1 atom stereocenters. The Morgan fingerprint density at radius 1 is 1.50 bits per heavy atom. The number of carbonyl (C=O) groups excluding carboxylic acids is 1. The molecule has 0 saturated heterocycles. The minimum Gasteiger partial charge on any atom is -0.550 e. The molecule has 1 rings (SSSR count). The van der Waals surface area contributed by atoms with Gasteiger partial charge in [0.05, 0.1) is 13.6 Å². The summed E-state index contributed by atoms with van der Waals surface area (Å²) >= 11 is 5.88. The molecule has 16 heavy (non-hydrogen) atoms. The van der Waals surface area contributed by atoms with E-state index in [2.05, 4.69) is 0 Å². The molecule has 0 spiro atoms. The molecule has 0 bridgehead atoms. The van der Waals surface area contributed by atoms with E-state index in [1.807, 2.05) is 31.3 Å². The predicted molar refractivity (Wildman–Crippen MR) is 61.2 cm³/mol. The molecule has 0 radical (unpaired) electrons. The fourth-order valence-corrected chi connectivity index (χ4v) is 1.83. The van der Waals surface area contributed by atoms with Gasteiger partial charge in [0.15, 0.2) is 0 Å². The van der Waals surface area contributed by atoms with Gasteiger partial charge in [-0.2, -0.15) is 0 Å². The van der Waals surface area contributed by atoms with E-state index in [9.17, 15) is 9.90 Å². The normalized spacial score (nSPS) is 12.4. The van der Waals surface area contributed by atoms with Gasteiger partial charge < -0.3 is 14.8 Å². The standard InChI is InChI=1S/C12H16ClNO2/c1-14(7-3-6-12(15)16)9-10-4-2-5-11(13)8-10/h2,4-5,8H,3,6-7,9H2,1H3,(H,15,16). The quantitative estimate of drug-likeness (QED) is 0.755. The highest BCUT2D eigenvalue weighted by Crippen LogP contribution is 2.09. The molecular formula is C12H16ClNO2. The van der Waals surface area contributed by atoms with Crippen molar-refractivity contribution < 1.29 is 14.8 Å². The van der Waals surface area contributed by atoms with Gasteiger partial charge >= 0.3 is 0 Å². The van der Waals surface area contributed by atoms with Crippen LogP contribution in [0.1, 0.15) is 18.4 Å². The monoisotopic (exact) mass is 241 g/mol. The summed E-state index contributed by atoms with van der Waals surface area (Å²) in [5, 5.41) is 11.0. The number of quaternary nitrogens is 1. The summed E-state index contributed by atoms with van der Waals surface area (Å²) in [6, 6.07) is 7.72. The fourth-order valence-electron chi connectivity index (χ4n) is 1.62. The van der Waals surface area contributed by atoms with Gasteiger partial charge in [-0.05, 0) is 18.6 Å². The number of nitrogens with one attached hydrogen (secondary N) is 1. The summed E-state index contributed by atoms with van der Waals surface area (Å²) in [7, 11) is 2.04. The summed E-state index contributed by atoms with van der Waals surface area (Å²) in [5.41, 5.74) is 1.17. The molecule has 3 nitrogen and oxygen atoms in total. The molecule has 0 aliphatic rings. The van der Waals surface area contributed by atoms with Crippen molar-refractivity contribution in [3.8, 4) is 0 Å². The van der Waals surface area contributed by atoms with E-state index in [1.54, 1.807) is 0 Å². The van der Waals surface area contributed by atoms with Crippen LogP contribution in [0.3, 0.4) is 0 Å². The van der Waals surface area contributed by atoms with E-state index < -0.39 is 5.97 Å². The van der Waals surface area contributed by atoms with Crippen LogP contribution in [-0.4, -0.2) is 19.6 Å². The zero-order chi connectivity index (χ0) is 12.0. The Kier molecular flexibility index (Phi) is 5.29. The summed E-state index contributed by atoms with van der Waals surface area (Å²) in [6.07, 6.45) is 0.779. The second-order valence-corrected chi connectivity index (χ2v) is 4.43. The maximum atomic E-state index is 10.2. The molecule has 1 N–H and O–H groups in total. The average Bonchev–Trinajstić information content (AvgIpc) is 2.16. The summed E-state index contributed by atoms with van der Waals surface area (Å²) in [4.78, 5) is 11.5. The molecule has 0 aromatic heterocycles. The first-order valence-corrected chi connectivity index (χ1v) is 5.71. The molecule has 1 unspecified atom stereocenters. The van der Waals surface area contributed by atoms with E-state index in [4.69, 9.17) is 11.6 Å². The van der Waals surface area contributed by atoms with Crippen LogP contribution in [-0.2, 0) is 11.3 Å². The molecule has 0 heterocycles. The lowest BCUT2D eigenvalue weighted by Gasteiger charge is -2.14. The Morgan fingerprint density at radius 3 is 2.88 bits per heavy atom. The lowest BCUT2D eigenvalue weighted by Crippen LogP contribution is -3.07. The summed E-state index contributed by atoms with van der Waals surface area (Å²) in [5.74, 6) is -0.976. The third-order valence-corrected chi connectivity index (χ3v) is 2.61. The highest BCUT2D eigenvalue weighted by molar-refractivity contribution is 6.30. The Labute approximate surface area is 101 Å². The Bertz CT molecular complexity index is 355. The van der Waals surface area contributed by atoms with Gasteiger partial charge in [0.25, 0.3) is 0 Å². The van der Waals surface area contributed by atoms with Gasteiger partial charge in [-0.15, -0.1) is 0 Å². The molecule has 0 aliphatic carbocycles. The molecule has 0 fully saturated rings. The Balaban J connectivity index is 2.33. The van der Waals surface area contributed by atoms with Crippen molar-refractivity contribution in [1.29, 1.82) is 0 Å². The lowest BCUT2D eigenvalue weighted by molar-refractivity contribution is -0.893. The number of aliphatic carboxylic acids is 1. The number of carboxylic acids is 1. The van der Waals surface area contributed by atoms with E-state index in [0.29, 0.717) is 6.42 Å². The van der Waals surface area contributed by atoms with Crippen molar-refractivity contribution in [3.63, 3.8) is 0 Å². The van der Waals surface area contributed by atoms with Crippen molar-refractivity contribution in [2.24, 2.45) is 0 Å². The smallest absolute Gasteiger partial charge is 0.103 e. The van der Waals surface area contributed by atoms with Gasteiger partial charge in [-0.25, -0.2) is 0 Å². The van der Waals surface area contributed by atoms with Gasteiger partial charge in [0.1, 0.15) is 6.54 Å². The maximum absolute atomic E-state index is 10.2. The molecule has 1 aromatic rings. The number of benzene rings is 1. The maximum Gasteiger partial charge on any atom is 0.103 e. The van der Waals surface area contributed by atoms with Gasteiger partial charge in [0.2, 0.25) is 0 Å². The molecular weight excluding hydrogens is 226 g/mol. The van der Waals surface area contributed by atoms with Crippen molar-refractivity contribution in [3.05, 3.63) is 34.9 Å². The van der Waals surface area contributed by atoms with Crippen LogP contribution in [0.2, 0.25) is 5.02 Å². The van der Waals surface area contributed by atoms with Gasteiger partial charge in [0, 0.05) is 23.0 Å². The van der Waals surface area contributed by atoms with Crippen molar-refractivity contribution >= 4 is 17.6 Å². The van der Waals surface area contributed by atoms with Crippen LogP contribution in [0, 0.1) is 0 Å². The highest BCUT2D eigenvalue weighted by Gasteiger charge is 2.03. The first-order chi connectivity index (χ1) is 7.58. The molecule has 88 valence electrons. The minimum absolute atomic E-state index is 0.132. The van der Waals surface area contributed by atoms with Crippen molar-refractivity contribution in [2.75, 3.05) is 13.6 Å². The Hall–Kier alpha value is -1.06. The SMILES string of the molecule is C[NH+](CCCC(=O)[O-])Cc1cccc(Cl)c1. The van der Waals surface area contributed by atoms with Crippen LogP contribution in [0.4, 0.5) is 0 Å². The van der Waals surface area contributed by atoms with Gasteiger partial charge in [-0.3, -0.25) is 0 Å². The Morgan fingerprint density at radius 2 is 2.25 bits per heavy atom. The van der Waals surface area contributed by atoms with Crippen LogP contribution < -0.4 is 10.0 Å². The lowest BCUT2D eigenvalue weighted by atomic mass is 10.2. The molecule has 4 heteroatoms. The first kappa shape index (κ1) is 13.0. The van der Waals surface area contributed by atoms with Crippen molar-refractivity contribution in [1.82, 2.24) is 0 Å². The van der Waals surface area contributed by atoms with Crippen LogP contribution in [0.5, 0.6) is 0 Å². The zero-order valence-corrected chi connectivity index (χ0v) is 10.1. The van der Waals surface area contributed by atoms with Crippen molar-refractivity contribution in [2.45, 2.75) is 19.4 Å². The molecule has 0 saturated carbocycles. The third-order valence-electron chi connectivity index (χ3n) is 2.38. The number of carboxylic acid groups (broad SMARTS) is 1. The average molecular weight is 242 g/mol. The second-order valence-electron chi connectivity index (χ2n) is 3.99. The number of carbonyl (C=O) groups is 1. The van der Waals surface area contributed by atoms with E-state index >= 15 is 0 Å². The van der Waals surface area contributed by atoms with E-state index in [-0.39, 0.29) is 6.42 Å². The second kappa shape index (κ2) is 6.51. The predicted octanol–water partition coefficient (Wildman–Crippen LogP) is -0.115. The summed E-state index contributed by atoms with van der Waals surface area (Å²) < 4.78 is 0. The third kappa shape index (κ3) is 5.14. The van der Waals surface area contributed by atoms with Crippen LogP contribution >= 0.6 is 11.6 Å². The number of hydrogen-bond acceptors (Lipinski definition) is 2. The van der Waals surface area contributed by atoms with E-state index in [1.165, 1.54) is 10.5 Å². The molecule has 0 amide bonds. The largest absolute Gasteiger partial charge is 0.550 e. The van der Waals surface area contributed by atoms with Crippen LogP contribution in [0.15, 0.2) is 24.3 Å². The zero-order valence-electron chi connectivity index (χ0n) is 9.33. The summed E-state index contributed by atoms with van der Waals surface area (Å²) in [6.45, 7) is 1.67. The number of rotatable bonds is 6. The van der Waals surface area contributed by atoms with E-state index in [0.717, 1.165) is 18.1 Å². The van der Waals surface area contributed by atoms with Crippen LogP contribution in [0.25, 0.3) is 0 Å². The molecule has 0 aliphatic heterocycles. The fraction of sp³-hybridized carbons (Fsp3) is 0.417. The van der Waals surface area contributed by atoms with Gasteiger partial charge in [-0.1, -0.05) is 23.7 Å². The topological polar surface area (TPSA) is 44.6 Å². The first-order valence-electron chi connectivity index (χ1n) is 5.33. The highest BCUT2D eigenvalue weighted by atomic mass is 35.5. The number of halogens is 1.